The summed E-state index contributed by atoms with van der Waals surface area (Å²) >= 11 is 6.05. The predicted molar refractivity (Wildman–Crippen MR) is 94.1 cm³/mol. The molecule has 23 heavy (non-hydrogen) atoms. The maximum atomic E-state index is 6.05. The highest BCUT2D eigenvalue weighted by Crippen LogP contribution is 2.23. The molecule has 2 aromatic carbocycles. The molecule has 0 bridgehead atoms. The molecule has 0 aliphatic rings. The van der Waals surface area contributed by atoms with Crippen molar-refractivity contribution < 1.29 is 0 Å². The minimum atomic E-state index is 0.619. The summed E-state index contributed by atoms with van der Waals surface area (Å²) in [4.78, 5) is 11.7. The predicted octanol–water partition coefficient (Wildman–Crippen LogP) is 4.21. The number of hydrogen-bond acceptors (Lipinski definition) is 4. The second-order valence-electron chi connectivity index (χ2n) is 5.04. The highest BCUT2D eigenvalue weighted by Gasteiger charge is 2.04. The molecule has 0 saturated carbocycles. The smallest absolute Gasteiger partial charge is 0.157 e. The van der Waals surface area contributed by atoms with Crippen LogP contribution in [0.15, 0.2) is 60.1 Å². The van der Waals surface area contributed by atoms with Crippen LogP contribution in [-0.2, 0) is 0 Å². The zero-order valence-electron chi connectivity index (χ0n) is 12.0. The maximum absolute atomic E-state index is 6.05. The van der Waals surface area contributed by atoms with Gasteiger partial charge in [-0.05, 0) is 24.3 Å². The summed E-state index contributed by atoms with van der Waals surface area (Å²) in [5.41, 5.74) is 5.86. The fraction of sp³-hybridized carbons (Fsp3) is 0. The minimum Gasteiger partial charge on any atom is -0.361 e. The molecule has 0 amide bonds. The van der Waals surface area contributed by atoms with Crippen LogP contribution in [0, 0.1) is 0 Å². The second kappa shape index (κ2) is 5.70. The molecule has 0 atom stereocenters. The molecule has 4 aromatic rings. The molecule has 0 aliphatic heterocycles. The molecule has 2 heterocycles. The van der Waals surface area contributed by atoms with Gasteiger partial charge in [-0.3, -0.25) is 5.43 Å². The molecular weight excluding hydrogens is 310 g/mol. The van der Waals surface area contributed by atoms with Crippen LogP contribution in [0.5, 0.6) is 0 Å². The number of halogens is 1. The number of hydrogen-bond donors (Lipinski definition) is 2. The lowest BCUT2D eigenvalue weighted by atomic mass is 10.2. The van der Waals surface area contributed by atoms with Gasteiger partial charge in [0.25, 0.3) is 0 Å². The molecule has 2 N–H and O–H groups in total. The number of hydrazone groups is 1. The Morgan fingerprint density at radius 1 is 1.09 bits per heavy atom. The first-order valence-electron chi connectivity index (χ1n) is 7.07. The Kier molecular flexibility index (Phi) is 3.40. The van der Waals surface area contributed by atoms with E-state index in [9.17, 15) is 0 Å². The van der Waals surface area contributed by atoms with Gasteiger partial charge in [0.1, 0.15) is 6.33 Å². The number of para-hydroxylation sites is 1. The number of aromatic amines is 1. The van der Waals surface area contributed by atoms with Gasteiger partial charge < -0.3 is 4.98 Å². The first-order valence-corrected chi connectivity index (χ1v) is 7.44. The Bertz CT molecular complexity index is 1020. The lowest BCUT2D eigenvalue weighted by Gasteiger charge is -2.04. The molecule has 0 radical (unpaired) electrons. The van der Waals surface area contributed by atoms with Crippen LogP contribution in [0.3, 0.4) is 0 Å². The van der Waals surface area contributed by atoms with E-state index in [0.717, 1.165) is 27.4 Å². The largest absolute Gasteiger partial charge is 0.361 e. The highest BCUT2D eigenvalue weighted by atomic mass is 35.5. The van der Waals surface area contributed by atoms with E-state index < -0.39 is 0 Å². The van der Waals surface area contributed by atoms with Gasteiger partial charge in [-0.25, -0.2) is 9.97 Å². The average molecular weight is 322 g/mol. The van der Waals surface area contributed by atoms with Crippen LogP contribution >= 0.6 is 11.6 Å². The molecule has 6 heteroatoms. The second-order valence-corrected chi connectivity index (χ2v) is 5.48. The number of aromatic nitrogens is 3. The molecule has 0 saturated heterocycles. The van der Waals surface area contributed by atoms with E-state index in [1.54, 1.807) is 12.3 Å². The van der Waals surface area contributed by atoms with Crippen molar-refractivity contribution in [2.75, 3.05) is 5.43 Å². The maximum Gasteiger partial charge on any atom is 0.157 e. The van der Waals surface area contributed by atoms with Crippen molar-refractivity contribution in [2.45, 2.75) is 0 Å². The first kappa shape index (κ1) is 13.7. The Hall–Kier alpha value is -2.92. The topological polar surface area (TPSA) is 66.0 Å². The third-order valence-electron chi connectivity index (χ3n) is 3.59. The Labute approximate surface area is 137 Å². The number of nitrogens with one attached hydrogen (secondary N) is 2. The molecule has 2 aromatic heterocycles. The van der Waals surface area contributed by atoms with Crippen molar-refractivity contribution >= 4 is 45.4 Å². The average Bonchev–Trinajstić information content (AvgIpc) is 2.99. The Morgan fingerprint density at radius 3 is 2.96 bits per heavy atom. The van der Waals surface area contributed by atoms with Crippen LogP contribution in [0.1, 0.15) is 5.56 Å². The molecule has 4 rings (SSSR count). The fourth-order valence-corrected chi connectivity index (χ4v) is 2.65. The number of anilines is 1. The van der Waals surface area contributed by atoms with Crippen molar-refractivity contribution in [2.24, 2.45) is 5.10 Å². The number of benzene rings is 2. The van der Waals surface area contributed by atoms with Gasteiger partial charge in [0.2, 0.25) is 0 Å². The van der Waals surface area contributed by atoms with Crippen LogP contribution in [0.2, 0.25) is 5.02 Å². The van der Waals surface area contributed by atoms with Crippen molar-refractivity contribution in [1.29, 1.82) is 0 Å². The van der Waals surface area contributed by atoms with E-state index in [1.165, 1.54) is 6.33 Å². The van der Waals surface area contributed by atoms with Gasteiger partial charge >= 0.3 is 0 Å². The minimum absolute atomic E-state index is 0.619. The SMILES string of the molecule is Clc1ccc2ncnc(N/N=C\c3c[nH]c4ccccc34)c2c1. The van der Waals surface area contributed by atoms with Gasteiger partial charge in [0.15, 0.2) is 5.82 Å². The van der Waals surface area contributed by atoms with Gasteiger partial charge in [-0.1, -0.05) is 29.8 Å². The van der Waals surface area contributed by atoms with Crippen molar-refractivity contribution in [3.63, 3.8) is 0 Å². The third kappa shape index (κ3) is 2.62. The summed E-state index contributed by atoms with van der Waals surface area (Å²) in [5.74, 6) is 0.619. The van der Waals surface area contributed by atoms with E-state index in [1.807, 2.05) is 42.6 Å². The number of fused-ring (bicyclic) bond motifs is 2. The summed E-state index contributed by atoms with van der Waals surface area (Å²) in [6.07, 6.45) is 5.18. The quantitative estimate of drug-likeness (QED) is 0.439. The third-order valence-corrected chi connectivity index (χ3v) is 3.83. The molecule has 5 nitrogen and oxygen atoms in total. The van der Waals surface area contributed by atoms with Crippen LogP contribution in [-0.4, -0.2) is 21.2 Å². The van der Waals surface area contributed by atoms with Gasteiger partial charge in [-0.15, -0.1) is 0 Å². The van der Waals surface area contributed by atoms with Crippen LogP contribution < -0.4 is 5.43 Å². The summed E-state index contributed by atoms with van der Waals surface area (Å²) < 4.78 is 0. The van der Waals surface area contributed by atoms with Crippen molar-refractivity contribution in [1.82, 2.24) is 15.0 Å². The van der Waals surface area contributed by atoms with E-state index in [2.05, 4.69) is 25.5 Å². The van der Waals surface area contributed by atoms with E-state index in [4.69, 9.17) is 11.6 Å². The Balaban J connectivity index is 1.65. The summed E-state index contributed by atoms with van der Waals surface area (Å²) in [6.45, 7) is 0. The number of nitrogens with zero attached hydrogens (tertiary/aromatic N) is 3. The normalized spacial score (nSPS) is 11.5. The fourth-order valence-electron chi connectivity index (χ4n) is 2.48. The van der Waals surface area contributed by atoms with Gasteiger partial charge in [0.05, 0.1) is 11.7 Å². The lowest BCUT2D eigenvalue weighted by molar-refractivity contribution is 1.18. The summed E-state index contributed by atoms with van der Waals surface area (Å²) in [6, 6.07) is 13.5. The monoisotopic (exact) mass is 321 g/mol. The lowest BCUT2D eigenvalue weighted by Crippen LogP contribution is -1.95. The van der Waals surface area contributed by atoms with Crippen LogP contribution in [0.25, 0.3) is 21.8 Å². The van der Waals surface area contributed by atoms with E-state index in [0.29, 0.717) is 10.8 Å². The number of H-pyrrole nitrogens is 1. The zero-order valence-corrected chi connectivity index (χ0v) is 12.7. The molecule has 112 valence electrons. The molecule has 0 unspecified atom stereocenters. The highest BCUT2D eigenvalue weighted by molar-refractivity contribution is 6.31. The summed E-state index contributed by atoms with van der Waals surface area (Å²) in [7, 11) is 0. The molecule has 0 fully saturated rings. The van der Waals surface area contributed by atoms with Crippen LogP contribution in [0.4, 0.5) is 5.82 Å². The van der Waals surface area contributed by atoms with Gasteiger partial charge in [-0.2, -0.15) is 5.10 Å². The van der Waals surface area contributed by atoms with Crippen molar-refractivity contribution in [3.8, 4) is 0 Å². The molecular formula is C17H12ClN5. The standard InChI is InChI=1S/C17H12ClN5/c18-12-5-6-16-14(7-12)17(21-10-20-16)23-22-9-11-8-19-15-4-2-1-3-13(11)15/h1-10,19H,(H,20,21,23)/b22-9-. The zero-order chi connectivity index (χ0) is 15.6. The van der Waals surface area contributed by atoms with E-state index in [-0.39, 0.29) is 0 Å². The summed E-state index contributed by atoms with van der Waals surface area (Å²) in [5, 5.41) is 6.87. The Morgan fingerprint density at radius 2 is 2.00 bits per heavy atom. The molecule has 0 aliphatic carbocycles. The van der Waals surface area contributed by atoms with Crippen molar-refractivity contribution in [3.05, 3.63) is 65.6 Å². The molecule has 0 spiro atoms. The van der Waals surface area contributed by atoms with Gasteiger partial charge in [0, 0.05) is 33.1 Å². The number of rotatable bonds is 3. The first-order chi connectivity index (χ1) is 11.3. The van der Waals surface area contributed by atoms with E-state index >= 15 is 0 Å².